The van der Waals surface area contributed by atoms with E-state index in [0.717, 1.165) is 11.1 Å². The molecule has 1 fully saturated rings. The van der Waals surface area contributed by atoms with Gasteiger partial charge in [-0.05, 0) is 56.5 Å². The normalized spacial score (nSPS) is 15.6. The quantitative estimate of drug-likeness (QED) is 0.463. The molecule has 4 aromatic rings. The van der Waals surface area contributed by atoms with E-state index in [-0.39, 0.29) is 18.7 Å². The van der Waals surface area contributed by atoms with E-state index in [1.54, 1.807) is 17.3 Å². The van der Waals surface area contributed by atoms with Crippen LogP contribution in [0.2, 0.25) is 0 Å². The molecule has 1 aromatic carbocycles. The highest BCUT2D eigenvalue weighted by Crippen LogP contribution is 2.36. The van der Waals surface area contributed by atoms with Crippen molar-refractivity contribution in [1.82, 2.24) is 29.5 Å². The van der Waals surface area contributed by atoms with Gasteiger partial charge in [-0.2, -0.15) is 5.10 Å². The van der Waals surface area contributed by atoms with Crippen molar-refractivity contribution in [1.29, 1.82) is 0 Å². The minimum absolute atomic E-state index is 0.0954. The number of carbonyl (C=O) groups excluding carboxylic acids is 1. The minimum Gasteiger partial charge on any atom is -0.472 e. The zero-order valence-corrected chi connectivity index (χ0v) is 18.4. The monoisotopic (exact) mass is 441 g/mol. The molecule has 0 bridgehead atoms. The number of hydrogen-bond acceptors (Lipinski definition) is 6. The fraction of sp³-hybridized carbons (Fsp3) is 0.292. The highest BCUT2D eigenvalue weighted by Gasteiger charge is 2.29. The lowest BCUT2D eigenvalue weighted by molar-refractivity contribution is 0.0936. The summed E-state index contributed by atoms with van der Waals surface area (Å²) in [6.07, 6.45) is 7.92. The Labute approximate surface area is 190 Å². The molecule has 9 heteroatoms. The molecule has 0 N–H and O–H groups in total. The van der Waals surface area contributed by atoms with E-state index in [2.05, 4.69) is 29.1 Å². The molecule has 0 saturated heterocycles. The molecule has 9 nitrogen and oxygen atoms in total. The molecule has 166 valence electrons. The second kappa shape index (κ2) is 7.54. The third-order valence-electron chi connectivity index (χ3n) is 6.03. The minimum atomic E-state index is -0.150. The van der Waals surface area contributed by atoms with Crippen LogP contribution >= 0.6 is 0 Å². The number of benzene rings is 1. The highest BCUT2D eigenvalue weighted by molar-refractivity contribution is 6.09. The number of anilines is 1. The van der Waals surface area contributed by atoms with E-state index < -0.39 is 0 Å². The number of hydrogen-bond donors (Lipinski definition) is 0. The van der Waals surface area contributed by atoms with Crippen molar-refractivity contribution in [2.75, 3.05) is 11.6 Å². The number of nitrogens with zero attached hydrogens (tertiary/aromatic N) is 7. The van der Waals surface area contributed by atoms with Crippen LogP contribution in [-0.2, 0) is 0 Å². The third kappa shape index (κ3) is 3.45. The highest BCUT2D eigenvalue weighted by atomic mass is 16.5. The van der Waals surface area contributed by atoms with Gasteiger partial charge in [-0.3, -0.25) is 14.4 Å². The van der Waals surface area contributed by atoms with E-state index in [9.17, 15) is 4.79 Å². The maximum absolute atomic E-state index is 13.4. The van der Waals surface area contributed by atoms with E-state index in [1.165, 1.54) is 12.8 Å². The molecule has 2 aliphatic rings. The Hall–Kier alpha value is -4.01. The first kappa shape index (κ1) is 19.7. The Kier molecular flexibility index (Phi) is 4.49. The second-order valence-corrected chi connectivity index (χ2v) is 8.69. The molecule has 0 unspecified atom stereocenters. The lowest BCUT2D eigenvalue weighted by atomic mass is 10.0. The molecular weight excluding hydrogens is 418 g/mol. The van der Waals surface area contributed by atoms with E-state index in [0.29, 0.717) is 34.7 Å². The summed E-state index contributed by atoms with van der Waals surface area (Å²) < 4.78 is 9.86. The number of rotatable bonds is 5. The number of fused-ring (bicyclic) bond motifs is 1. The first-order valence-electron chi connectivity index (χ1n) is 11.1. The SMILES string of the molecule is CC(C)n1cnnc1-c1cccc(N2COc3ccc(-c4cnn(C5CC5)c4)cc3C2=O)n1. The molecule has 0 radical (unpaired) electrons. The summed E-state index contributed by atoms with van der Waals surface area (Å²) >= 11 is 0. The lowest BCUT2D eigenvalue weighted by Crippen LogP contribution is -2.39. The van der Waals surface area contributed by atoms with Crippen LogP contribution < -0.4 is 9.64 Å². The number of ether oxygens (including phenoxy) is 1. The van der Waals surface area contributed by atoms with E-state index in [4.69, 9.17) is 9.72 Å². The van der Waals surface area contributed by atoms with Crippen LogP contribution in [0.15, 0.2) is 55.1 Å². The van der Waals surface area contributed by atoms with Crippen molar-refractivity contribution in [2.24, 2.45) is 0 Å². The first-order chi connectivity index (χ1) is 16.1. The summed E-state index contributed by atoms with van der Waals surface area (Å²) in [5.74, 6) is 1.59. The van der Waals surface area contributed by atoms with Gasteiger partial charge in [0.05, 0.1) is 17.8 Å². The van der Waals surface area contributed by atoms with Crippen molar-refractivity contribution in [3.05, 3.63) is 60.7 Å². The van der Waals surface area contributed by atoms with Gasteiger partial charge in [0.15, 0.2) is 12.6 Å². The number of carbonyl (C=O) groups is 1. The van der Waals surface area contributed by atoms with Gasteiger partial charge in [-0.15, -0.1) is 10.2 Å². The van der Waals surface area contributed by atoms with Gasteiger partial charge in [-0.25, -0.2) is 4.98 Å². The van der Waals surface area contributed by atoms with Crippen molar-refractivity contribution in [3.63, 3.8) is 0 Å². The molecule has 3 aromatic heterocycles. The Bertz CT molecular complexity index is 1350. The summed E-state index contributed by atoms with van der Waals surface area (Å²) in [5, 5.41) is 12.7. The zero-order valence-electron chi connectivity index (χ0n) is 18.4. The maximum atomic E-state index is 13.4. The predicted molar refractivity (Wildman–Crippen MR) is 122 cm³/mol. The summed E-state index contributed by atoms with van der Waals surface area (Å²) in [6.45, 7) is 4.21. The summed E-state index contributed by atoms with van der Waals surface area (Å²) in [7, 11) is 0. The Morgan fingerprint density at radius 1 is 1.12 bits per heavy atom. The molecule has 4 heterocycles. The number of amides is 1. The van der Waals surface area contributed by atoms with Gasteiger partial charge in [0.25, 0.3) is 5.91 Å². The van der Waals surface area contributed by atoms with Crippen LogP contribution in [0, 0.1) is 0 Å². The van der Waals surface area contributed by atoms with Crippen LogP contribution in [0.3, 0.4) is 0 Å². The number of pyridine rings is 1. The summed E-state index contributed by atoms with van der Waals surface area (Å²) in [5.41, 5.74) is 3.09. The van der Waals surface area contributed by atoms with Crippen LogP contribution in [-0.4, -0.2) is 42.2 Å². The van der Waals surface area contributed by atoms with Crippen LogP contribution in [0.5, 0.6) is 5.75 Å². The molecule has 33 heavy (non-hydrogen) atoms. The van der Waals surface area contributed by atoms with Gasteiger partial charge in [-0.1, -0.05) is 12.1 Å². The number of aromatic nitrogens is 6. The summed E-state index contributed by atoms with van der Waals surface area (Å²) in [4.78, 5) is 19.7. The first-order valence-corrected chi connectivity index (χ1v) is 11.1. The predicted octanol–water partition coefficient (Wildman–Crippen LogP) is 4.12. The third-order valence-corrected chi connectivity index (χ3v) is 6.03. The average Bonchev–Trinajstić information content (AvgIpc) is 3.34. The molecule has 0 spiro atoms. The molecule has 0 atom stereocenters. The lowest BCUT2D eigenvalue weighted by Gasteiger charge is -2.28. The van der Waals surface area contributed by atoms with Crippen molar-refractivity contribution < 1.29 is 9.53 Å². The Morgan fingerprint density at radius 2 is 2.00 bits per heavy atom. The maximum Gasteiger partial charge on any atom is 0.265 e. The smallest absolute Gasteiger partial charge is 0.265 e. The van der Waals surface area contributed by atoms with Crippen molar-refractivity contribution in [2.45, 2.75) is 38.8 Å². The van der Waals surface area contributed by atoms with Gasteiger partial charge in [0, 0.05) is 17.8 Å². The van der Waals surface area contributed by atoms with Crippen LogP contribution in [0.25, 0.3) is 22.6 Å². The molecule has 1 saturated carbocycles. The van der Waals surface area contributed by atoms with Gasteiger partial charge in [0.1, 0.15) is 23.6 Å². The second-order valence-electron chi connectivity index (χ2n) is 8.69. The molecule has 6 rings (SSSR count). The molecule has 1 aliphatic heterocycles. The van der Waals surface area contributed by atoms with Crippen LogP contribution in [0.1, 0.15) is 49.1 Å². The Balaban J connectivity index is 1.32. The van der Waals surface area contributed by atoms with Gasteiger partial charge >= 0.3 is 0 Å². The summed E-state index contributed by atoms with van der Waals surface area (Å²) in [6, 6.07) is 11.9. The molecular formula is C24H23N7O2. The largest absolute Gasteiger partial charge is 0.472 e. The fourth-order valence-corrected chi connectivity index (χ4v) is 4.04. The average molecular weight is 441 g/mol. The molecule has 1 aliphatic carbocycles. The fourth-order valence-electron chi connectivity index (χ4n) is 4.04. The van der Waals surface area contributed by atoms with Gasteiger partial charge in [0.2, 0.25) is 0 Å². The standard InChI is InChI=1S/C24H23N7O2/c1-15(2)29-13-25-28-23(29)20-4-3-5-22(27-20)30-14-33-21-9-6-16(10-19(21)24(30)32)17-11-26-31(12-17)18-7-8-18/h3-6,9-13,15,18H,7-8,14H2,1-2H3. The molecule has 1 amide bonds. The van der Waals surface area contributed by atoms with E-state index >= 15 is 0 Å². The Morgan fingerprint density at radius 3 is 2.82 bits per heavy atom. The zero-order chi connectivity index (χ0) is 22.5. The van der Waals surface area contributed by atoms with Crippen LogP contribution in [0.4, 0.5) is 5.82 Å². The van der Waals surface area contributed by atoms with Crippen molar-refractivity contribution >= 4 is 11.7 Å². The van der Waals surface area contributed by atoms with E-state index in [1.807, 2.05) is 52.0 Å². The van der Waals surface area contributed by atoms with Gasteiger partial charge < -0.3 is 9.30 Å². The topological polar surface area (TPSA) is 91.0 Å². The van der Waals surface area contributed by atoms with Crippen molar-refractivity contribution in [3.8, 4) is 28.4 Å².